The molecule has 21 heavy (non-hydrogen) atoms. The van der Waals surface area contributed by atoms with Gasteiger partial charge in [0.2, 0.25) is 0 Å². The number of aliphatic hydroxyl groups excluding tert-OH is 1. The van der Waals surface area contributed by atoms with Crippen molar-refractivity contribution in [3.05, 3.63) is 29.8 Å². The Bertz CT molecular complexity index is 403. The normalized spacial score (nSPS) is 18.2. The van der Waals surface area contributed by atoms with Crippen molar-refractivity contribution in [3.8, 4) is 5.75 Å². The minimum absolute atomic E-state index is 0.240. The summed E-state index contributed by atoms with van der Waals surface area (Å²) in [5.74, 6) is 0.744. The molecule has 4 heteroatoms. The molecule has 2 rings (SSSR count). The Balaban J connectivity index is 1.70. The van der Waals surface area contributed by atoms with Crippen LogP contribution < -0.4 is 10.5 Å². The van der Waals surface area contributed by atoms with E-state index in [-0.39, 0.29) is 6.61 Å². The summed E-state index contributed by atoms with van der Waals surface area (Å²) in [6, 6.07) is 7.65. The smallest absolute Gasteiger partial charge is 0.123 e. The van der Waals surface area contributed by atoms with Gasteiger partial charge in [0.05, 0.1) is 12.7 Å². The minimum Gasteiger partial charge on any atom is -0.490 e. The van der Waals surface area contributed by atoms with Crippen LogP contribution in [0.25, 0.3) is 0 Å². The Kier molecular flexibility index (Phi) is 7.00. The number of para-hydroxylation sites is 1. The average Bonchev–Trinajstić information content (AvgIpc) is 2.80. The maximum atomic E-state index is 9.99. The van der Waals surface area contributed by atoms with Crippen molar-refractivity contribution < 1.29 is 14.6 Å². The predicted molar refractivity (Wildman–Crippen MR) is 83.3 cm³/mol. The zero-order valence-corrected chi connectivity index (χ0v) is 12.7. The zero-order chi connectivity index (χ0) is 14.9. The van der Waals surface area contributed by atoms with Gasteiger partial charge >= 0.3 is 0 Å². The number of hydrogen-bond acceptors (Lipinski definition) is 4. The molecule has 1 unspecified atom stereocenters. The Labute approximate surface area is 127 Å². The van der Waals surface area contributed by atoms with Crippen LogP contribution in [-0.2, 0) is 11.3 Å². The molecule has 4 nitrogen and oxygen atoms in total. The molecule has 0 radical (unpaired) electrons. The number of rotatable bonds is 7. The number of nitrogens with two attached hydrogens (primary N) is 1. The predicted octanol–water partition coefficient (Wildman–Crippen LogP) is 2.62. The Morgan fingerprint density at radius 1 is 1.10 bits per heavy atom. The molecule has 1 aliphatic rings. The number of hydrogen-bond donors (Lipinski definition) is 2. The SMILES string of the molecule is NCc1ccccc1OCC(O)COC1CCCCCC1. The molecule has 1 fully saturated rings. The van der Waals surface area contributed by atoms with Crippen molar-refractivity contribution in [3.63, 3.8) is 0 Å². The quantitative estimate of drug-likeness (QED) is 0.759. The summed E-state index contributed by atoms with van der Waals surface area (Å²) in [6.45, 7) is 1.02. The van der Waals surface area contributed by atoms with Crippen molar-refractivity contribution in [1.82, 2.24) is 0 Å². The summed E-state index contributed by atoms with van der Waals surface area (Å²) in [5, 5.41) is 9.99. The lowest BCUT2D eigenvalue weighted by Gasteiger charge is -2.19. The van der Waals surface area contributed by atoms with Crippen LogP contribution in [0.4, 0.5) is 0 Å². The van der Waals surface area contributed by atoms with E-state index in [0.29, 0.717) is 19.3 Å². The zero-order valence-electron chi connectivity index (χ0n) is 12.7. The molecule has 0 spiro atoms. The highest BCUT2D eigenvalue weighted by Gasteiger charge is 2.15. The molecule has 0 amide bonds. The molecule has 1 aliphatic carbocycles. The summed E-state index contributed by atoms with van der Waals surface area (Å²) in [6.07, 6.45) is 7.02. The van der Waals surface area contributed by atoms with Crippen LogP contribution in [0.5, 0.6) is 5.75 Å². The molecule has 0 aliphatic heterocycles. The molecule has 3 N–H and O–H groups in total. The Morgan fingerprint density at radius 3 is 2.52 bits per heavy atom. The van der Waals surface area contributed by atoms with E-state index in [9.17, 15) is 5.11 Å². The van der Waals surface area contributed by atoms with Gasteiger partial charge in [-0.1, -0.05) is 43.9 Å². The first kappa shape index (κ1) is 16.3. The second-order valence-electron chi connectivity index (χ2n) is 5.72. The third-order valence-electron chi connectivity index (χ3n) is 3.95. The van der Waals surface area contributed by atoms with Gasteiger partial charge in [-0.2, -0.15) is 0 Å². The molecule has 0 saturated heterocycles. The van der Waals surface area contributed by atoms with Gasteiger partial charge in [-0.15, -0.1) is 0 Å². The van der Waals surface area contributed by atoms with E-state index in [2.05, 4.69) is 0 Å². The molecule has 1 aromatic rings. The van der Waals surface area contributed by atoms with Crippen molar-refractivity contribution in [1.29, 1.82) is 0 Å². The lowest BCUT2D eigenvalue weighted by molar-refractivity contribution is -0.0293. The number of benzene rings is 1. The van der Waals surface area contributed by atoms with Gasteiger partial charge in [0.25, 0.3) is 0 Å². The van der Waals surface area contributed by atoms with Crippen LogP contribution in [0.3, 0.4) is 0 Å². The summed E-state index contributed by atoms with van der Waals surface area (Å²) in [7, 11) is 0. The molecule has 0 bridgehead atoms. The molecule has 118 valence electrons. The van der Waals surface area contributed by atoms with Crippen molar-refractivity contribution >= 4 is 0 Å². The summed E-state index contributed by atoms with van der Waals surface area (Å²) >= 11 is 0. The fourth-order valence-corrected chi connectivity index (χ4v) is 2.70. The minimum atomic E-state index is -0.598. The second kappa shape index (κ2) is 9.03. The van der Waals surface area contributed by atoms with Gasteiger partial charge in [0.15, 0.2) is 0 Å². The first-order valence-electron chi connectivity index (χ1n) is 8.00. The standard InChI is InChI=1S/C17H27NO3/c18-11-14-7-5-6-10-17(14)21-13-15(19)12-20-16-8-3-1-2-4-9-16/h5-7,10,15-16,19H,1-4,8-9,11-13,18H2. The van der Waals surface area contributed by atoms with E-state index in [1.165, 1.54) is 25.7 Å². The fraction of sp³-hybridized carbons (Fsp3) is 0.647. The van der Waals surface area contributed by atoms with Crippen LogP contribution in [0.2, 0.25) is 0 Å². The molecule has 1 aromatic carbocycles. The number of aliphatic hydroxyl groups is 1. The van der Waals surface area contributed by atoms with Gasteiger partial charge in [-0.25, -0.2) is 0 Å². The highest BCUT2D eigenvalue weighted by Crippen LogP contribution is 2.20. The van der Waals surface area contributed by atoms with E-state index in [1.807, 2.05) is 24.3 Å². The van der Waals surface area contributed by atoms with Crippen molar-refractivity contribution in [2.75, 3.05) is 13.2 Å². The van der Waals surface area contributed by atoms with Crippen LogP contribution in [0.15, 0.2) is 24.3 Å². The Hall–Kier alpha value is -1.10. The molecule has 1 atom stereocenters. The highest BCUT2D eigenvalue weighted by molar-refractivity contribution is 5.32. The van der Waals surface area contributed by atoms with Gasteiger partial charge in [-0.05, 0) is 18.9 Å². The van der Waals surface area contributed by atoms with E-state index >= 15 is 0 Å². The van der Waals surface area contributed by atoms with Crippen LogP contribution in [0, 0.1) is 0 Å². The first-order chi connectivity index (χ1) is 10.3. The summed E-state index contributed by atoms with van der Waals surface area (Å²) in [4.78, 5) is 0. The van der Waals surface area contributed by atoms with E-state index < -0.39 is 6.10 Å². The molecular formula is C17H27NO3. The largest absolute Gasteiger partial charge is 0.490 e. The van der Waals surface area contributed by atoms with E-state index in [1.54, 1.807) is 0 Å². The van der Waals surface area contributed by atoms with Crippen molar-refractivity contribution in [2.24, 2.45) is 5.73 Å². The van der Waals surface area contributed by atoms with E-state index in [4.69, 9.17) is 15.2 Å². The molecule has 0 aromatic heterocycles. The Morgan fingerprint density at radius 2 is 1.81 bits per heavy atom. The van der Waals surface area contributed by atoms with Gasteiger partial charge in [0.1, 0.15) is 18.5 Å². The van der Waals surface area contributed by atoms with Crippen LogP contribution in [0.1, 0.15) is 44.1 Å². The van der Waals surface area contributed by atoms with E-state index in [0.717, 1.165) is 24.2 Å². The maximum Gasteiger partial charge on any atom is 0.123 e. The third-order valence-corrected chi connectivity index (χ3v) is 3.95. The summed E-state index contributed by atoms with van der Waals surface area (Å²) in [5.41, 5.74) is 6.61. The third kappa shape index (κ3) is 5.65. The second-order valence-corrected chi connectivity index (χ2v) is 5.72. The summed E-state index contributed by atoms with van der Waals surface area (Å²) < 4.78 is 11.5. The monoisotopic (exact) mass is 293 g/mol. The highest BCUT2D eigenvalue weighted by atomic mass is 16.5. The van der Waals surface area contributed by atoms with Gasteiger partial charge in [0, 0.05) is 12.1 Å². The van der Waals surface area contributed by atoms with Crippen molar-refractivity contribution in [2.45, 2.75) is 57.3 Å². The molecular weight excluding hydrogens is 266 g/mol. The lowest BCUT2D eigenvalue weighted by Crippen LogP contribution is -2.27. The lowest BCUT2D eigenvalue weighted by atomic mass is 10.1. The average molecular weight is 293 g/mol. The number of ether oxygens (including phenoxy) is 2. The fourth-order valence-electron chi connectivity index (χ4n) is 2.70. The van der Waals surface area contributed by atoms with Crippen LogP contribution in [-0.4, -0.2) is 30.5 Å². The van der Waals surface area contributed by atoms with Gasteiger partial charge in [-0.3, -0.25) is 0 Å². The molecule has 0 heterocycles. The topological polar surface area (TPSA) is 64.7 Å². The molecule has 1 saturated carbocycles. The maximum absolute atomic E-state index is 9.99. The first-order valence-corrected chi connectivity index (χ1v) is 8.00. The van der Waals surface area contributed by atoms with Gasteiger partial charge < -0.3 is 20.3 Å². The van der Waals surface area contributed by atoms with Crippen LogP contribution >= 0.6 is 0 Å².